The molecule has 1 unspecified atom stereocenters. The van der Waals surface area contributed by atoms with Crippen molar-refractivity contribution in [3.63, 3.8) is 0 Å². The van der Waals surface area contributed by atoms with Crippen LogP contribution in [-0.2, 0) is 4.79 Å². The van der Waals surface area contributed by atoms with Crippen molar-refractivity contribution in [2.75, 3.05) is 4.90 Å². The number of hydrogen-bond donors (Lipinski definition) is 1. The lowest BCUT2D eigenvalue weighted by Gasteiger charge is -2.25. The maximum Gasteiger partial charge on any atom is 0.295 e. The topological polar surface area (TPSA) is 70.5 Å². The van der Waals surface area contributed by atoms with E-state index < -0.39 is 23.5 Å². The maximum atomic E-state index is 13.2. The van der Waals surface area contributed by atoms with Crippen molar-refractivity contribution in [1.82, 2.24) is 4.98 Å². The van der Waals surface area contributed by atoms with Gasteiger partial charge in [-0.3, -0.25) is 14.5 Å². The number of halogens is 1. The summed E-state index contributed by atoms with van der Waals surface area (Å²) in [4.78, 5) is 31.7. The lowest BCUT2D eigenvalue weighted by molar-refractivity contribution is -0.117. The third kappa shape index (κ3) is 3.06. The van der Waals surface area contributed by atoms with Crippen molar-refractivity contribution in [1.29, 1.82) is 0 Å². The van der Waals surface area contributed by atoms with Gasteiger partial charge in [-0.2, -0.15) is 0 Å². The van der Waals surface area contributed by atoms with Gasteiger partial charge in [0.2, 0.25) is 0 Å². The highest BCUT2D eigenvalue weighted by Gasteiger charge is 2.45. The summed E-state index contributed by atoms with van der Waals surface area (Å²) in [6.45, 7) is 0. The lowest BCUT2D eigenvalue weighted by atomic mass is 9.93. The fourth-order valence-electron chi connectivity index (χ4n) is 3.28. The normalized spacial score (nSPS) is 16.5. The third-order valence-corrected chi connectivity index (χ3v) is 4.82. The number of rotatable bonds is 4. The molecule has 1 aliphatic rings. The predicted octanol–water partition coefficient (Wildman–Crippen LogP) is 4.52. The predicted molar refractivity (Wildman–Crippen MR) is 106 cm³/mol. The summed E-state index contributed by atoms with van der Waals surface area (Å²) in [7, 11) is 0. The van der Waals surface area contributed by atoms with E-state index in [0.717, 1.165) is 0 Å². The summed E-state index contributed by atoms with van der Waals surface area (Å²) in [5.41, 5.74) is 1.05. The molecule has 1 aliphatic heterocycles. The SMILES string of the molecule is O=C(C1=C(O)C(=O)N(c2ccccn2)C1c1ccccc1)c1ccc(Cl)cc1. The van der Waals surface area contributed by atoms with Crippen LogP contribution in [0.2, 0.25) is 5.02 Å². The van der Waals surface area contributed by atoms with Crippen LogP contribution >= 0.6 is 11.6 Å². The van der Waals surface area contributed by atoms with Gasteiger partial charge in [-0.05, 0) is 42.0 Å². The molecule has 0 fully saturated rings. The van der Waals surface area contributed by atoms with Gasteiger partial charge in [-0.15, -0.1) is 0 Å². The molecule has 138 valence electrons. The van der Waals surface area contributed by atoms with Crippen molar-refractivity contribution in [2.24, 2.45) is 0 Å². The largest absolute Gasteiger partial charge is 0.503 e. The van der Waals surface area contributed by atoms with Crippen molar-refractivity contribution in [2.45, 2.75) is 6.04 Å². The number of ketones is 1. The van der Waals surface area contributed by atoms with Crippen LogP contribution in [0.15, 0.2) is 90.3 Å². The van der Waals surface area contributed by atoms with E-state index in [2.05, 4.69) is 4.98 Å². The van der Waals surface area contributed by atoms with Crippen LogP contribution < -0.4 is 4.90 Å². The minimum atomic E-state index is -0.785. The van der Waals surface area contributed by atoms with E-state index in [1.807, 2.05) is 30.3 Å². The molecule has 1 N–H and O–H groups in total. The third-order valence-electron chi connectivity index (χ3n) is 4.57. The van der Waals surface area contributed by atoms with Crippen molar-refractivity contribution < 1.29 is 14.7 Å². The number of anilines is 1. The molecule has 1 aromatic heterocycles. The Bertz CT molecular complexity index is 1060. The van der Waals surface area contributed by atoms with Crippen molar-refractivity contribution >= 4 is 29.1 Å². The number of aliphatic hydroxyl groups is 1. The summed E-state index contributed by atoms with van der Waals surface area (Å²) in [6.07, 6.45) is 1.56. The number of aliphatic hydroxyl groups excluding tert-OH is 1. The van der Waals surface area contributed by atoms with Gasteiger partial charge in [0, 0.05) is 16.8 Å². The highest BCUT2D eigenvalue weighted by atomic mass is 35.5. The summed E-state index contributed by atoms with van der Waals surface area (Å²) in [5.74, 6) is -1.31. The molecule has 1 amide bonds. The van der Waals surface area contributed by atoms with Gasteiger partial charge in [0.05, 0.1) is 11.6 Å². The zero-order valence-corrected chi connectivity index (χ0v) is 15.4. The fourth-order valence-corrected chi connectivity index (χ4v) is 3.40. The number of carbonyl (C=O) groups excluding carboxylic acids is 2. The highest BCUT2D eigenvalue weighted by molar-refractivity contribution is 6.30. The van der Waals surface area contributed by atoms with Crippen LogP contribution in [0.4, 0.5) is 5.82 Å². The summed E-state index contributed by atoms with van der Waals surface area (Å²) < 4.78 is 0. The molecule has 0 spiro atoms. The molecule has 6 heteroatoms. The monoisotopic (exact) mass is 390 g/mol. The van der Waals surface area contributed by atoms with E-state index in [9.17, 15) is 14.7 Å². The second kappa shape index (κ2) is 7.29. The number of carbonyl (C=O) groups is 2. The van der Waals surface area contributed by atoms with Gasteiger partial charge >= 0.3 is 0 Å². The van der Waals surface area contributed by atoms with Crippen molar-refractivity contribution in [3.8, 4) is 0 Å². The van der Waals surface area contributed by atoms with Gasteiger partial charge in [0.25, 0.3) is 5.91 Å². The van der Waals surface area contributed by atoms with E-state index in [4.69, 9.17) is 11.6 Å². The maximum absolute atomic E-state index is 13.2. The van der Waals surface area contributed by atoms with E-state index in [0.29, 0.717) is 22.0 Å². The Morgan fingerprint density at radius 3 is 2.29 bits per heavy atom. The van der Waals surface area contributed by atoms with Gasteiger partial charge in [-0.25, -0.2) is 4.98 Å². The molecule has 4 rings (SSSR count). The average molecular weight is 391 g/mol. The number of pyridine rings is 1. The Hall–Kier alpha value is -3.44. The average Bonchev–Trinajstić information content (AvgIpc) is 3.00. The van der Waals surface area contributed by atoms with Crippen LogP contribution in [-0.4, -0.2) is 21.8 Å². The van der Waals surface area contributed by atoms with Crippen LogP contribution in [0.1, 0.15) is 22.0 Å². The molecule has 3 aromatic rings. The summed E-state index contributed by atoms with van der Waals surface area (Å²) in [6, 6.07) is 19.8. The quantitative estimate of drug-likeness (QED) is 0.665. The number of hydrogen-bond acceptors (Lipinski definition) is 4. The van der Waals surface area contributed by atoms with E-state index in [1.54, 1.807) is 48.7 Å². The Kier molecular flexibility index (Phi) is 4.67. The Balaban J connectivity index is 1.86. The zero-order chi connectivity index (χ0) is 19.7. The molecule has 28 heavy (non-hydrogen) atoms. The molecule has 2 heterocycles. The first-order chi connectivity index (χ1) is 13.6. The first-order valence-electron chi connectivity index (χ1n) is 8.61. The smallest absolute Gasteiger partial charge is 0.295 e. The van der Waals surface area contributed by atoms with E-state index in [1.165, 1.54) is 4.90 Å². The molecule has 0 aliphatic carbocycles. The second-order valence-electron chi connectivity index (χ2n) is 6.27. The molecule has 0 saturated carbocycles. The molecule has 0 bridgehead atoms. The molecular weight excluding hydrogens is 376 g/mol. The second-order valence-corrected chi connectivity index (χ2v) is 6.71. The fraction of sp³-hybridized carbons (Fsp3) is 0.0455. The number of benzene rings is 2. The number of Topliss-reactive ketones (excluding diaryl/α,β-unsaturated/α-hetero) is 1. The summed E-state index contributed by atoms with van der Waals surface area (Å²) in [5, 5.41) is 11.1. The van der Waals surface area contributed by atoms with Crippen LogP contribution in [0, 0.1) is 0 Å². The lowest BCUT2D eigenvalue weighted by Crippen LogP contribution is -2.31. The van der Waals surface area contributed by atoms with Gasteiger partial charge in [0.1, 0.15) is 5.82 Å². The minimum absolute atomic E-state index is 0.0178. The zero-order valence-electron chi connectivity index (χ0n) is 14.6. The Labute approximate surface area is 166 Å². The molecule has 0 radical (unpaired) electrons. The number of nitrogens with zero attached hydrogens (tertiary/aromatic N) is 2. The number of amides is 1. The molecule has 1 atom stereocenters. The molecule has 0 saturated heterocycles. The molecule has 5 nitrogen and oxygen atoms in total. The van der Waals surface area contributed by atoms with Crippen LogP contribution in [0.3, 0.4) is 0 Å². The highest BCUT2D eigenvalue weighted by Crippen LogP contribution is 2.41. The first kappa shape index (κ1) is 17.9. The van der Waals surface area contributed by atoms with E-state index in [-0.39, 0.29) is 5.57 Å². The van der Waals surface area contributed by atoms with Crippen LogP contribution in [0.5, 0.6) is 0 Å². The minimum Gasteiger partial charge on any atom is -0.503 e. The van der Waals surface area contributed by atoms with Gasteiger partial charge in [0.15, 0.2) is 11.5 Å². The number of aromatic nitrogens is 1. The Morgan fingerprint density at radius 2 is 1.64 bits per heavy atom. The molecule has 2 aromatic carbocycles. The first-order valence-corrected chi connectivity index (χ1v) is 8.98. The van der Waals surface area contributed by atoms with Crippen molar-refractivity contribution in [3.05, 3.63) is 106 Å². The summed E-state index contributed by atoms with van der Waals surface area (Å²) >= 11 is 5.91. The standard InChI is InChI=1S/C22H15ClN2O3/c23-16-11-9-15(10-12-16)20(26)18-19(14-6-2-1-3-7-14)25(22(28)21(18)27)17-8-4-5-13-24-17/h1-13,19,27H. The molecular formula is C22H15ClN2O3. The van der Waals surface area contributed by atoms with Gasteiger partial charge < -0.3 is 5.11 Å². The van der Waals surface area contributed by atoms with Crippen LogP contribution in [0.25, 0.3) is 0 Å². The van der Waals surface area contributed by atoms with E-state index >= 15 is 0 Å². The Morgan fingerprint density at radius 1 is 0.964 bits per heavy atom. The van der Waals surface area contributed by atoms with Gasteiger partial charge in [-0.1, -0.05) is 48.0 Å².